The summed E-state index contributed by atoms with van der Waals surface area (Å²) in [6.45, 7) is 2.31. The lowest BCUT2D eigenvalue weighted by Gasteiger charge is -2.11. The van der Waals surface area contributed by atoms with Crippen molar-refractivity contribution in [3.8, 4) is 5.75 Å². The molecule has 122 valence electrons. The fourth-order valence-electron chi connectivity index (χ4n) is 2.49. The summed E-state index contributed by atoms with van der Waals surface area (Å²) < 4.78 is 10.7. The van der Waals surface area contributed by atoms with E-state index >= 15 is 0 Å². The van der Waals surface area contributed by atoms with Crippen molar-refractivity contribution in [2.75, 3.05) is 30.9 Å². The van der Waals surface area contributed by atoms with Crippen LogP contribution in [-0.2, 0) is 11.3 Å². The Morgan fingerprint density at radius 2 is 2.09 bits per heavy atom. The molecular weight excluding hydrogens is 292 g/mol. The normalized spacial score (nSPS) is 17.0. The highest BCUT2D eigenvalue weighted by Crippen LogP contribution is 2.14. The van der Waals surface area contributed by atoms with Crippen LogP contribution in [0, 0.1) is 0 Å². The zero-order valence-corrected chi connectivity index (χ0v) is 13.3. The fourth-order valence-corrected chi connectivity index (χ4v) is 2.49. The van der Waals surface area contributed by atoms with Crippen molar-refractivity contribution in [2.45, 2.75) is 25.5 Å². The van der Waals surface area contributed by atoms with Gasteiger partial charge in [0.1, 0.15) is 11.6 Å². The molecule has 2 heterocycles. The topological polar surface area (TPSA) is 68.3 Å². The first-order valence-electron chi connectivity index (χ1n) is 7.89. The molecule has 1 aliphatic rings. The summed E-state index contributed by atoms with van der Waals surface area (Å²) >= 11 is 0. The molecule has 0 saturated carbocycles. The Morgan fingerprint density at radius 3 is 2.83 bits per heavy atom. The largest absolute Gasteiger partial charge is 0.497 e. The van der Waals surface area contributed by atoms with Crippen LogP contribution in [0.15, 0.2) is 36.5 Å². The van der Waals surface area contributed by atoms with E-state index in [9.17, 15) is 0 Å². The van der Waals surface area contributed by atoms with Crippen LogP contribution in [0.3, 0.4) is 0 Å². The number of aromatic nitrogens is 2. The quantitative estimate of drug-likeness (QED) is 0.819. The SMILES string of the molecule is COc1ccc(CNc2ccnc(NCC3CCCO3)n2)cc1. The van der Waals surface area contributed by atoms with Crippen LogP contribution >= 0.6 is 0 Å². The zero-order valence-electron chi connectivity index (χ0n) is 13.3. The number of methoxy groups -OCH3 is 1. The molecule has 0 spiro atoms. The monoisotopic (exact) mass is 314 g/mol. The van der Waals surface area contributed by atoms with Crippen molar-refractivity contribution < 1.29 is 9.47 Å². The van der Waals surface area contributed by atoms with E-state index in [4.69, 9.17) is 9.47 Å². The number of ether oxygens (including phenoxy) is 2. The molecule has 1 atom stereocenters. The summed E-state index contributed by atoms with van der Waals surface area (Å²) in [6, 6.07) is 9.82. The molecule has 23 heavy (non-hydrogen) atoms. The van der Waals surface area contributed by atoms with Gasteiger partial charge in [-0.25, -0.2) is 4.98 Å². The van der Waals surface area contributed by atoms with Gasteiger partial charge in [-0.1, -0.05) is 12.1 Å². The van der Waals surface area contributed by atoms with Gasteiger partial charge in [-0.05, 0) is 36.6 Å². The van der Waals surface area contributed by atoms with Crippen LogP contribution in [-0.4, -0.2) is 36.3 Å². The van der Waals surface area contributed by atoms with E-state index in [0.29, 0.717) is 12.5 Å². The second-order valence-electron chi connectivity index (χ2n) is 5.48. The Balaban J connectivity index is 1.51. The van der Waals surface area contributed by atoms with Crippen molar-refractivity contribution >= 4 is 11.8 Å². The molecule has 1 aromatic carbocycles. The molecular formula is C17H22N4O2. The van der Waals surface area contributed by atoms with Crippen LogP contribution in [0.25, 0.3) is 0 Å². The standard InChI is InChI=1S/C17H22N4O2/c1-22-14-6-4-13(5-7-14)11-19-16-8-9-18-17(21-16)20-12-15-3-2-10-23-15/h4-9,15H,2-3,10-12H2,1H3,(H2,18,19,20,21). The predicted octanol–water partition coefficient (Wildman–Crippen LogP) is 2.69. The first-order chi connectivity index (χ1) is 11.3. The Bertz CT molecular complexity index is 612. The summed E-state index contributed by atoms with van der Waals surface area (Å²) in [5.41, 5.74) is 1.17. The van der Waals surface area contributed by atoms with E-state index < -0.39 is 0 Å². The number of hydrogen-bond acceptors (Lipinski definition) is 6. The molecule has 1 fully saturated rings. The summed E-state index contributed by atoms with van der Waals surface area (Å²) in [5, 5.41) is 6.54. The Kier molecular flexibility index (Phi) is 5.26. The van der Waals surface area contributed by atoms with Gasteiger partial charge < -0.3 is 20.1 Å². The molecule has 0 radical (unpaired) electrons. The second-order valence-corrected chi connectivity index (χ2v) is 5.48. The summed E-state index contributed by atoms with van der Waals surface area (Å²) in [7, 11) is 1.67. The van der Waals surface area contributed by atoms with Crippen LogP contribution in [0.5, 0.6) is 5.75 Å². The number of rotatable bonds is 7. The van der Waals surface area contributed by atoms with Crippen molar-refractivity contribution in [1.82, 2.24) is 9.97 Å². The minimum atomic E-state index is 0.273. The van der Waals surface area contributed by atoms with Crippen LogP contribution in [0.1, 0.15) is 18.4 Å². The Labute approximate surface area is 136 Å². The molecule has 1 aromatic heterocycles. The molecule has 2 N–H and O–H groups in total. The van der Waals surface area contributed by atoms with Crippen LogP contribution < -0.4 is 15.4 Å². The van der Waals surface area contributed by atoms with Crippen LogP contribution in [0.2, 0.25) is 0 Å². The van der Waals surface area contributed by atoms with Gasteiger partial charge in [-0.15, -0.1) is 0 Å². The fraction of sp³-hybridized carbons (Fsp3) is 0.412. The number of hydrogen-bond donors (Lipinski definition) is 2. The zero-order chi connectivity index (χ0) is 15.9. The molecule has 0 aliphatic carbocycles. The van der Waals surface area contributed by atoms with Crippen molar-refractivity contribution in [2.24, 2.45) is 0 Å². The third-order valence-electron chi connectivity index (χ3n) is 3.80. The van der Waals surface area contributed by atoms with E-state index in [0.717, 1.165) is 37.6 Å². The molecule has 0 amide bonds. The van der Waals surface area contributed by atoms with Gasteiger partial charge in [-0.3, -0.25) is 0 Å². The number of nitrogens with zero attached hydrogens (tertiary/aromatic N) is 2. The lowest BCUT2D eigenvalue weighted by atomic mass is 10.2. The van der Waals surface area contributed by atoms with Crippen molar-refractivity contribution in [3.63, 3.8) is 0 Å². The number of anilines is 2. The highest BCUT2D eigenvalue weighted by atomic mass is 16.5. The highest BCUT2D eigenvalue weighted by Gasteiger charge is 2.15. The molecule has 0 bridgehead atoms. The van der Waals surface area contributed by atoms with Gasteiger partial charge in [0.2, 0.25) is 5.95 Å². The van der Waals surface area contributed by atoms with Gasteiger partial charge in [0.15, 0.2) is 0 Å². The third-order valence-corrected chi connectivity index (χ3v) is 3.80. The van der Waals surface area contributed by atoms with Crippen molar-refractivity contribution in [3.05, 3.63) is 42.1 Å². The first-order valence-corrected chi connectivity index (χ1v) is 7.89. The summed E-state index contributed by atoms with van der Waals surface area (Å²) in [6.07, 6.45) is 4.26. The van der Waals surface area contributed by atoms with Gasteiger partial charge in [0.05, 0.1) is 13.2 Å². The molecule has 1 saturated heterocycles. The van der Waals surface area contributed by atoms with E-state index in [1.165, 1.54) is 5.56 Å². The Morgan fingerprint density at radius 1 is 1.22 bits per heavy atom. The van der Waals surface area contributed by atoms with E-state index in [1.807, 2.05) is 30.3 Å². The van der Waals surface area contributed by atoms with Crippen molar-refractivity contribution in [1.29, 1.82) is 0 Å². The summed E-state index contributed by atoms with van der Waals surface area (Å²) in [5.74, 6) is 2.28. The van der Waals surface area contributed by atoms with E-state index in [-0.39, 0.29) is 6.10 Å². The maximum Gasteiger partial charge on any atom is 0.224 e. The average molecular weight is 314 g/mol. The minimum Gasteiger partial charge on any atom is -0.497 e. The van der Waals surface area contributed by atoms with Crippen LogP contribution in [0.4, 0.5) is 11.8 Å². The average Bonchev–Trinajstić information content (AvgIpc) is 3.12. The maximum absolute atomic E-state index is 5.59. The Hall–Kier alpha value is -2.34. The molecule has 1 aliphatic heterocycles. The molecule has 3 rings (SSSR count). The lowest BCUT2D eigenvalue weighted by Crippen LogP contribution is -2.19. The lowest BCUT2D eigenvalue weighted by molar-refractivity contribution is 0.120. The predicted molar refractivity (Wildman–Crippen MR) is 89.8 cm³/mol. The molecule has 6 nitrogen and oxygen atoms in total. The molecule has 2 aromatic rings. The van der Waals surface area contributed by atoms with Gasteiger partial charge in [0, 0.05) is 25.9 Å². The summed E-state index contributed by atoms with van der Waals surface area (Å²) in [4.78, 5) is 8.71. The second kappa shape index (κ2) is 7.78. The van der Waals surface area contributed by atoms with E-state index in [2.05, 4.69) is 20.6 Å². The minimum absolute atomic E-state index is 0.273. The maximum atomic E-state index is 5.59. The highest BCUT2D eigenvalue weighted by molar-refractivity contribution is 5.40. The number of nitrogens with one attached hydrogen (secondary N) is 2. The van der Waals surface area contributed by atoms with Gasteiger partial charge >= 0.3 is 0 Å². The van der Waals surface area contributed by atoms with Gasteiger partial charge in [-0.2, -0.15) is 4.98 Å². The van der Waals surface area contributed by atoms with Gasteiger partial charge in [0.25, 0.3) is 0 Å². The first kappa shape index (κ1) is 15.6. The number of benzene rings is 1. The third kappa shape index (κ3) is 4.56. The van der Waals surface area contributed by atoms with E-state index in [1.54, 1.807) is 13.3 Å². The smallest absolute Gasteiger partial charge is 0.224 e. The molecule has 1 unspecified atom stereocenters. The molecule has 6 heteroatoms.